The molecule has 0 aromatic carbocycles. The molecule has 0 bridgehead atoms. The molecule has 2 rings (SSSR count). The first-order valence-electron chi connectivity index (χ1n) is 6.01. The van der Waals surface area contributed by atoms with E-state index in [4.69, 9.17) is 0 Å². The van der Waals surface area contributed by atoms with E-state index in [1.165, 1.54) is 13.8 Å². The van der Waals surface area contributed by atoms with E-state index < -0.39 is 28.3 Å². The van der Waals surface area contributed by atoms with E-state index in [2.05, 4.69) is 10.1 Å². The maximum atomic E-state index is 13.8. The van der Waals surface area contributed by atoms with Gasteiger partial charge in [-0.05, 0) is 19.9 Å². The Labute approximate surface area is 121 Å². The highest BCUT2D eigenvalue weighted by Gasteiger charge is 2.34. The number of nitrogens with zero attached hydrogens (tertiary/aromatic N) is 4. The van der Waals surface area contributed by atoms with Gasteiger partial charge in [0.1, 0.15) is 5.69 Å². The third-order valence-corrected chi connectivity index (χ3v) is 2.98. The van der Waals surface area contributed by atoms with Gasteiger partial charge in [-0.25, -0.2) is 9.37 Å². The lowest BCUT2D eigenvalue weighted by Crippen LogP contribution is -2.11. The molecule has 10 heteroatoms. The molecule has 0 aliphatic rings. The normalized spacial score (nSPS) is 11.7. The first kappa shape index (κ1) is 15.9. The van der Waals surface area contributed by atoms with Crippen LogP contribution in [-0.2, 0) is 12.7 Å². The number of nitro groups is 1. The largest absolute Gasteiger partial charge is 0.435 e. The van der Waals surface area contributed by atoms with Crippen LogP contribution in [0.25, 0.3) is 0 Å². The van der Waals surface area contributed by atoms with Crippen LogP contribution in [0.4, 0.5) is 23.2 Å². The number of pyridine rings is 1. The first-order valence-corrected chi connectivity index (χ1v) is 6.01. The number of alkyl halides is 3. The second-order valence-electron chi connectivity index (χ2n) is 4.60. The van der Waals surface area contributed by atoms with Crippen LogP contribution in [0.15, 0.2) is 12.1 Å². The van der Waals surface area contributed by atoms with Crippen molar-refractivity contribution in [1.82, 2.24) is 14.8 Å². The highest BCUT2D eigenvalue weighted by Crippen LogP contribution is 2.28. The molecule has 22 heavy (non-hydrogen) atoms. The second kappa shape index (κ2) is 5.35. The predicted octanol–water partition coefficient (Wildman–Crippen LogP) is 3.01. The van der Waals surface area contributed by atoms with Gasteiger partial charge in [-0.2, -0.15) is 18.3 Å². The fourth-order valence-corrected chi connectivity index (χ4v) is 1.87. The highest BCUT2D eigenvalue weighted by atomic mass is 19.4. The van der Waals surface area contributed by atoms with Crippen molar-refractivity contribution >= 4 is 5.69 Å². The van der Waals surface area contributed by atoms with Crippen LogP contribution in [0, 0.1) is 29.8 Å². The van der Waals surface area contributed by atoms with Crippen LogP contribution in [0.2, 0.25) is 0 Å². The van der Waals surface area contributed by atoms with Gasteiger partial charge >= 0.3 is 6.18 Å². The molecule has 0 aliphatic heterocycles. The van der Waals surface area contributed by atoms with Gasteiger partial charge in [0, 0.05) is 5.69 Å². The van der Waals surface area contributed by atoms with Crippen molar-refractivity contribution in [3.8, 4) is 0 Å². The molecule has 0 saturated carbocycles. The molecular formula is C12H10F4N4O2. The summed E-state index contributed by atoms with van der Waals surface area (Å²) in [5, 5.41) is 14.0. The van der Waals surface area contributed by atoms with Crippen molar-refractivity contribution in [1.29, 1.82) is 0 Å². The minimum Gasteiger partial charge on any atom is -0.263 e. The predicted molar refractivity (Wildman–Crippen MR) is 66.7 cm³/mol. The maximum Gasteiger partial charge on any atom is 0.435 e. The summed E-state index contributed by atoms with van der Waals surface area (Å²) in [6, 6.07) is 1.53. The molecule has 0 unspecified atom stereocenters. The molecule has 0 amide bonds. The van der Waals surface area contributed by atoms with Crippen molar-refractivity contribution in [3.05, 3.63) is 50.8 Å². The number of hydrogen-bond donors (Lipinski definition) is 0. The van der Waals surface area contributed by atoms with Gasteiger partial charge in [-0.1, -0.05) is 0 Å². The van der Waals surface area contributed by atoms with E-state index in [0.29, 0.717) is 6.07 Å². The van der Waals surface area contributed by atoms with Gasteiger partial charge in [0.15, 0.2) is 11.5 Å². The van der Waals surface area contributed by atoms with E-state index in [1.807, 2.05) is 0 Å². The van der Waals surface area contributed by atoms with Crippen molar-refractivity contribution in [2.45, 2.75) is 26.6 Å². The monoisotopic (exact) mass is 318 g/mol. The highest BCUT2D eigenvalue weighted by molar-refractivity contribution is 5.36. The van der Waals surface area contributed by atoms with Crippen LogP contribution < -0.4 is 0 Å². The van der Waals surface area contributed by atoms with E-state index in [1.54, 1.807) is 0 Å². The minimum atomic E-state index is -4.60. The summed E-state index contributed by atoms with van der Waals surface area (Å²) in [6.45, 7) is 2.35. The summed E-state index contributed by atoms with van der Waals surface area (Å²) in [7, 11) is 0. The second-order valence-corrected chi connectivity index (χ2v) is 4.60. The quantitative estimate of drug-likeness (QED) is 0.495. The molecule has 2 aromatic heterocycles. The molecule has 0 fully saturated rings. The maximum absolute atomic E-state index is 13.8. The molecule has 118 valence electrons. The summed E-state index contributed by atoms with van der Waals surface area (Å²) in [4.78, 5) is 13.6. The lowest BCUT2D eigenvalue weighted by atomic mass is 10.2. The average Bonchev–Trinajstić information content (AvgIpc) is 2.74. The fourth-order valence-electron chi connectivity index (χ4n) is 1.87. The molecule has 0 saturated heterocycles. The zero-order valence-electron chi connectivity index (χ0n) is 11.5. The number of hydrogen-bond acceptors (Lipinski definition) is 4. The molecule has 0 aliphatic carbocycles. The van der Waals surface area contributed by atoms with Crippen LogP contribution in [0.3, 0.4) is 0 Å². The average molecular weight is 318 g/mol. The fraction of sp³-hybridized carbons (Fsp3) is 0.333. The molecule has 6 nitrogen and oxygen atoms in total. The number of aryl methyl sites for hydroxylation is 2. The first-order chi connectivity index (χ1) is 10.1. The molecule has 0 spiro atoms. The molecule has 0 radical (unpaired) electrons. The number of halogens is 4. The smallest absolute Gasteiger partial charge is 0.263 e. The van der Waals surface area contributed by atoms with E-state index in [0.717, 1.165) is 10.7 Å². The third kappa shape index (κ3) is 3.05. The van der Waals surface area contributed by atoms with Gasteiger partial charge in [0.05, 0.1) is 23.2 Å². The van der Waals surface area contributed by atoms with Crippen molar-refractivity contribution in [3.63, 3.8) is 0 Å². The lowest BCUT2D eigenvalue weighted by molar-refractivity contribution is -0.385. The summed E-state index contributed by atoms with van der Waals surface area (Å²) >= 11 is 0. The summed E-state index contributed by atoms with van der Waals surface area (Å²) in [6.07, 6.45) is -4.60. The molecule has 0 N–H and O–H groups in total. The van der Waals surface area contributed by atoms with Crippen molar-refractivity contribution in [2.24, 2.45) is 0 Å². The van der Waals surface area contributed by atoms with E-state index >= 15 is 0 Å². The Morgan fingerprint density at radius 2 is 1.95 bits per heavy atom. The van der Waals surface area contributed by atoms with Gasteiger partial charge in [0.25, 0.3) is 5.69 Å². The Morgan fingerprint density at radius 1 is 1.32 bits per heavy atom. The van der Waals surface area contributed by atoms with Gasteiger partial charge < -0.3 is 0 Å². The standard InChI is InChI=1S/C12H10F4N4O2/c1-6-3-11(12(14,15)16)18-19(6)5-9-8(13)4-10(20(21)22)7(2)17-9/h3-4H,5H2,1-2H3. The molecule has 2 heterocycles. The Morgan fingerprint density at radius 3 is 2.45 bits per heavy atom. The number of rotatable bonds is 3. The lowest BCUT2D eigenvalue weighted by Gasteiger charge is -2.07. The van der Waals surface area contributed by atoms with E-state index in [9.17, 15) is 27.7 Å². The van der Waals surface area contributed by atoms with Crippen molar-refractivity contribution in [2.75, 3.05) is 0 Å². The van der Waals surface area contributed by atoms with Crippen LogP contribution >= 0.6 is 0 Å². The summed E-state index contributed by atoms with van der Waals surface area (Å²) in [5.41, 5.74) is -1.66. The van der Waals surface area contributed by atoms with Crippen LogP contribution in [0.5, 0.6) is 0 Å². The zero-order chi connectivity index (χ0) is 16.7. The van der Waals surface area contributed by atoms with Gasteiger partial charge in [-0.15, -0.1) is 0 Å². The molecular weight excluding hydrogens is 308 g/mol. The molecule has 0 atom stereocenters. The zero-order valence-corrected chi connectivity index (χ0v) is 11.5. The Balaban J connectivity index is 2.38. The van der Waals surface area contributed by atoms with E-state index in [-0.39, 0.29) is 23.6 Å². The number of aromatic nitrogens is 3. The van der Waals surface area contributed by atoms with Crippen LogP contribution in [-0.4, -0.2) is 19.7 Å². The Hall–Kier alpha value is -2.52. The van der Waals surface area contributed by atoms with Gasteiger partial charge in [0.2, 0.25) is 0 Å². The molecule has 2 aromatic rings. The summed E-state index contributed by atoms with van der Waals surface area (Å²) < 4.78 is 52.5. The SMILES string of the molecule is Cc1nc(Cn2nc(C(F)(F)F)cc2C)c(F)cc1[N+](=O)[O-]. The Kier molecular flexibility index (Phi) is 3.86. The van der Waals surface area contributed by atoms with Crippen molar-refractivity contribution < 1.29 is 22.5 Å². The Bertz CT molecular complexity index is 739. The topological polar surface area (TPSA) is 73.8 Å². The third-order valence-electron chi connectivity index (χ3n) is 2.98. The van der Waals surface area contributed by atoms with Gasteiger partial charge in [-0.3, -0.25) is 14.8 Å². The summed E-state index contributed by atoms with van der Waals surface area (Å²) in [5.74, 6) is -0.972. The van der Waals surface area contributed by atoms with Crippen LogP contribution in [0.1, 0.15) is 22.8 Å². The minimum absolute atomic E-state index is 0.0257.